The average molecular weight is 193 g/mol. The van der Waals surface area contributed by atoms with Crippen LogP contribution in [-0.4, -0.2) is 69.1 Å². The smallest absolute Gasteiger partial charge is 0.110 e. The summed E-state index contributed by atoms with van der Waals surface area (Å²) in [6.45, 7) is -0.335. The van der Waals surface area contributed by atoms with Crippen molar-refractivity contribution in [2.24, 2.45) is 0 Å². The number of β-amino-alcohol motifs (C(OH)–C–C–N with tert-alkyl or cyclic N) is 1. The molecule has 0 saturated carbocycles. The van der Waals surface area contributed by atoms with Gasteiger partial charge < -0.3 is 30.8 Å². The van der Waals surface area contributed by atoms with Gasteiger partial charge in [0.1, 0.15) is 18.3 Å². The first-order chi connectivity index (χ1) is 6.07. The minimum atomic E-state index is -1.44. The lowest BCUT2D eigenvalue weighted by Gasteiger charge is -2.24. The largest absolute Gasteiger partial charge is 0.395 e. The van der Waals surface area contributed by atoms with E-state index in [2.05, 4.69) is 5.32 Å². The van der Waals surface area contributed by atoms with E-state index >= 15 is 0 Å². The third-order valence-electron chi connectivity index (χ3n) is 2.29. The molecule has 78 valence electrons. The van der Waals surface area contributed by atoms with Crippen LogP contribution in [0.1, 0.15) is 0 Å². The summed E-state index contributed by atoms with van der Waals surface area (Å²) < 4.78 is 0. The molecule has 6 nitrogen and oxygen atoms in total. The van der Waals surface area contributed by atoms with Gasteiger partial charge in [0.2, 0.25) is 0 Å². The van der Waals surface area contributed by atoms with Crippen LogP contribution in [0.2, 0.25) is 0 Å². The monoisotopic (exact) mass is 193 g/mol. The summed E-state index contributed by atoms with van der Waals surface area (Å²) in [5, 5.41) is 48.5. The fourth-order valence-corrected chi connectivity index (χ4v) is 1.35. The molecule has 5 atom stereocenters. The van der Waals surface area contributed by atoms with E-state index in [-0.39, 0.29) is 13.2 Å². The molecule has 6 heteroatoms. The van der Waals surface area contributed by atoms with Gasteiger partial charge in [-0.15, -0.1) is 0 Å². The lowest BCUT2D eigenvalue weighted by atomic mass is 10.0. The Balaban J connectivity index is 2.69. The van der Waals surface area contributed by atoms with Gasteiger partial charge in [0.05, 0.1) is 18.8 Å². The number of aliphatic hydroxyl groups is 5. The quantitative estimate of drug-likeness (QED) is 0.256. The Morgan fingerprint density at radius 2 is 1.62 bits per heavy atom. The number of aliphatic hydroxyl groups excluding tert-OH is 5. The second kappa shape index (κ2) is 4.32. The van der Waals surface area contributed by atoms with Crippen molar-refractivity contribution >= 4 is 0 Å². The highest BCUT2D eigenvalue weighted by atomic mass is 16.4. The van der Waals surface area contributed by atoms with E-state index in [1.807, 2.05) is 0 Å². The first-order valence-electron chi connectivity index (χ1n) is 4.14. The zero-order valence-corrected chi connectivity index (χ0v) is 7.04. The van der Waals surface area contributed by atoms with Crippen LogP contribution >= 0.6 is 0 Å². The third kappa shape index (κ3) is 2.16. The molecule has 13 heavy (non-hydrogen) atoms. The minimum absolute atomic E-state index is 0.0283. The lowest BCUT2D eigenvalue weighted by Crippen LogP contribution is -2.48. The molecule has 0 amide bonds. The highest BCUT2D eigenvalue weighted by Crippen LogP contribution is 2.11. The molecule has 0 radical (unpaired) electrons. The number of hydrogen-bond donors (Lipinski definition) is 6. The molecule has 1 aliphatic heterocycles. The molecule has 1 fully saturated rings. The van der Waals surface area contributed by atoms with E-state index in [1.165, 1.54) is 0 Å². The standard InChI is InChI=1S/C7H15NO5/c9-2-3-5(11)7(13)6(12)4(10)1-8-3/h3-13H,1-2H2/t3-,4-,5-,6+,7+/m0/s1. The van der Waals surface area contributed by atoms with Gasteiger partial charge in [0.15, 0.2) is 0 Å². The van der Waals surface area contributed by atoms with Gasteiger partial charge in [0.25, 0.3) is 0 Å². The lowest BCUT2D eigenvalue weighted by molar-refractivity contribution is -0.0980. The highest BCUT2D eigenvalue weighted by Gasteiger charge is 2.37. The van der Waals surface area contributed by atoms with Crippen molar-refractivity contribution in [3.63, 3.8) is 0 Å². The molecule has 0 aromatic heterocycles. The maximum atomic E-state index is 9.36. The summed E-state index contributed by atoms with van der Waals surface area (Å²) in [5.41, 5.74) is 0. The van der Waals surface area contributed by atoms with E-state index < -0.39 is 30.5 Å². The number of nitrogens with one attached hydrogen (secondary N) is 1. The van der Waals surface area contributed by atoms with Crippen LogP contribution in [0.4, 0.5) is 0 Å². The molecular formula is C7H15NO5. The predicted octanol–water partition coefficient (Wildman–Crippen LogP) is -3.61. The number of rotatable bonds is 1. The Bertz CT molecular complexity index is 165. The Labute approximate surface area is 75.4 Å². The van der Waals surface area contributed by atoms with Crippen LogP contribution in [0, 0.1) is 0 Å². The zero-order chi connectivity index (χ0) is 10.0. The molecule has 0 bridgehead atoms. The van der Waals surface area contributed by atoms with E-state index in [4.69, 9.17) is 5.11 Å². The Morgan fingerprint density at radius 1 is 1.00 bits per heavy atom. The Morgan fingerprint density at radius 3 is 2.15 bits per heavy atom. The third-order valence-corrected chi connectivity index (χ3v) is 2.29. The van der Waals surface area contributed by atoms with Gasteiger partial charge in [-0.05, 0) is 0 Å². The fourth-order valence-electron chi connectivity index (χ4n) is 1.35. The van der Waals surface area contributed by atoms with Crippen molar-refractivity contribution in [3.8, 4) is 0 Å². The maximum absolute atomic E-state index is 9.36. The van der Waals surface area contributed by atoms with Crippen LogP contribution < -0.4 is 5.32 Å². The van der Waals surface area contributed by atoms with Gasteiger partial charge in [-0.25, -0.2) is 0 Å². The molecule has 1 rings (SSSR count). The highest BCUT2D eigenvalue weighted by molar-refractivity contribution is 4.92. The predicted molar refractivity (Wildman–Crippen MR) is 42.9 cm³/mol. The van der Waals surface area contributed by atoms with Gasteiger partial charge >= 0.3 is 0 Å². The summed E-state index contributed by atoms with van der Waals surface area (Å²) >= 11 is 0. The average Bonchev–Trinajstić information content (AvgIpc) is 2.22. The molecule has 1 saturated heterocycles. The second-order valence-corrected chi connectivity index (χ2v) is 3.24. The summed E-state index contributed by atoms with van der Waals surface area (Å²) in [6.07, 6.45) is -5.25. The summed E-state index contributed by atoms with van der Waals surface area (Å²) in [6, 6.07) is -0.721. The Hall–Kier alpha value is -0.240. The number of hydrogen-bond acceptors (Lipinski definition) is 6. The van der Waals surface area contributed by atoms with Crippen LogP contribution in [0.3, 0.4) is 0 Å². The topological polar surface area (TPSA) is 113 Å². The summed E-state index contributed by atoms with van der Waals surface area (Å²) in [5.74, 6) is 0. The van der Waals surface area contributed by atoms with Gasteiger partial charge in [-0.1, -0.05) is 0 Å². The maximum Gasteiger partial charge on any atom is 0.110 e. The zero-order valence-electron chi connectivity index (χ0n) is 7.04. The molecular weight excluding hydrogens is 178 g/mol. The van der Waals surface area contributed by atoms with Crippen molar-refractivity contribution in [1.29, 1.82) is 0 Å². The first-order valence-corrected chi connectivity index (χ1v) is 4.14. The minimum Gasteiger partial charge on any atom is -0.395 e. The van der Waals surface area contributed by atoms with E-state index in [9.17, 15) is 20.4 Å². The van der Waals surface area contributed by atoms with Crippen molar-refractivity contribution in [1.82, 2.24) is 5.32 Å². The van der Waals surface area contributed by atoms with Crippen molar-refractivity contribution in [2.75, 3.05) is 13.2 Å². The van der Waals surface area contributed by atoms with Gasteiger partial charge in [-0.2, -0.15) is 0 Å². The van der Waals surface area contributed by atoms with Crippen LogP contribution in [-0.2, 0) is 0 Å². The van der Waals surface area contributed by atoms with Gasteiger partial charge in [0, 0.05) is 6.54 Å². The van der Waals surface area contributed by atoms with Crippen molar-refractivity contribution in [3.05, 3.63) is 0 Å². The molecule has 0 unspecified atom stereocenters. The van der Waals surface area contributed by atoms with E-state index in [0.717, 1.165) is 0 Å². The SMILES string of the molecule is OC[C@@H]1NC[C@H](O)[C@@H](O)[C@H](O)[C@H]1O. The molecule has 0 aliphatic carbocycles. The van der Waals surface area contributed by atoms with Crippen LogP contribution in [0.25, 0.3) is 0 Å². The van der Waals surface area contributed by atoms with Gasteiger partial charge in [-0.3, -0.25) is 0 Å². The van der Waals surface area contributed by atoms with Crippen LogP contribution in [0.15, 0.2) is 0 Å². The molecule has 0 aromatic rings. The fraction of sp³-hybridized carbons (Fsp3) is 1.00. The Kier molecular flexibility index (Phi) is 3.60. The second-order valence-electron chi connectivity index (χ2n) is 3.24. The molecule has 0 spiro atoms. The van der Waals surface area contributed by atoms with Crippen molar-refractivity contribution in [2.45, 2.75) is 30.5 Å². The molecule has 1 heterocycles. The summed E-state index contributed by atoms with van der Waals surface area (Å²) in [7, 11) is 0. The van der Waals surface area contributed by atoms with Crippen LogP contribution in [0.5, 0.6) is 0 Å². The first kappa shape index (κ1) is 10.8. The molecule has 6 N–H and O–H groups in total. The van der Waals surface area contributed by atoms with Crippen molar-refractivity contribution < 1.29 is 25.5 Å². The molecule has 1 aliphatic rings. The summed E-state index contributed by atoms with van der Waals surface area (Å²) in [4.78, 5) is 0. The molecule has 0 aromatic carbocycles. The van der Waals surface area contributed by atoms with E-state index in [0.29, 0.717) is 0 Å². The normalized spacial score (nSPS) is 47.3. The van der Waals surface area contributed by atoms with E-state index in [1.54, 1.807) is 0 Å².